The van der Waals surface area contributed by atoms with E-state index in [1.54, 1.807) is 0 Å². The highest BCUT2D eigenvalue weighted by Gasteiger charge is 2.30. The number of furan rings is 1. The van der Waals surface area contributed by atoms with Crippen LogP contribution in [0, 0.1) is 0 Å². The Hall–Kier alpha value is -3.34. The number of esters is 2. The van der Waals surface area contributed by atoms with Crippen LogP contribution >= 0.6 is 0 Å². The fourth-order valence-electron chi connectivity index (χ4n) is 3.71. The summed E-state index contributed by atoms with van der Waals surface area (Å²) in [5.74, 6) is -0.691. The second kappa shape index (κ2) is 5.58. The van der Waals surface area contributed by atoms with Crippen LogP contribution in [0.3, 0.4) is 0 Å². The van der Waals surface area contributed by atoms with Crippen LogP contribution < -0.4 is 0 Å². The molecule has 3 heterocycles. The number of carbonyl (C=O) groups is 2. The molecule has 2 aliphatic rings. The average molecular weight is 360 g/mol. The van der Waals surface area contributed by atoms with Gasteiger partial charge < -0.3 is 13.9 Å². The molecule has 2 aliphatic heterocycles. The van der Waals surface area contributed by atoms with Crippen molar-refractivity contribution in [1.82, 2.24) is 0 Å². The van der Waals surface area contributed by atoms with Gasteiger partial charge in [-0.2, -0.15) is 0 Å². The zero-order valence-electron chi connectivity index (χ0n) is 14.5. The number of carbonyl (C=O) groups excluding carboxylic acids is 2. The lowest BCUT2D eigenvalue weighted by Gasteiger charge is -2.08. The van der Waals surface area contributed by atoms with E-state index in [0.29, 0.717) is 24.0 Å². The molecule has 0 radical (unpaired) electrons. The third-order valence-electron chi connectivity index (χ3n) is 5.20. The topological polar surface area (TPSA) is 65.7 Å². The van der Waals surface area contributed by atoms with Crippen molar-refractivity contribution in [2.75, 3.05) is 0 Å². The number of hydrogen-bond acceptors (Lipinski definition) is 5. The number of benzene rings is 2. The second-order valence-electron chi connectivity index (χ2n) is 7.02. The minimum absolute atomic E-state index is 0.318. The predicted octanol–water partition coefficient (Wildman–Crippen LogP) is 4.67. The number of cyclic esters (lactones) is 2. The molecule has 0 N–H and O–H groups in total. The van der Waals surface area contributed by atoms with Crippen LogP contribution in [-0.4, -0.2) is 11.9 Å². The molecular formula is C22H16O5. The molecular weight excluding hydrogens is 344 g/mol. The zero-order valence-corrected chi connectivity index (χ0v) is 14.5. The van der Waals surface area contributed by atoms with Crippen molar-refractivity contribution in [2.45, 2.75) is 25.0 Å². The summed E-state index contributed by atoms with van der Waals surface area (Å²) in [6, 6.07) is 11.7. The summed E-state index contributed by atoms with van der Waals surface area (Å²) < 4.78 is 16.7. The van der Waals surface area contributed by atoms with Gasteiger partial charge in [0, 0.05) is 34.8 Å². The molecule has 0 saturated carbocycles. The first-order chi connectivity index (χ1) is 13.0. The molecule has 5 nitrogen and oxygen atoms in total. The van der Waals surface area contributed by atoms with E-state index in [2.05, 4.69) is 13.2 Å². The summed E-state index contributed by atoms with van der Waals surface area (Å²) in [6.45, 7) is 7.45. The molecule has 0 amide bonds. The lowest BCUT2D eigenvalue weighted by Crippen LogP contribution is -1.98. The van der Waals surface area contributed by atoms with Gasteiger partial charge in [-0.1, -0.05) is 37.4 Å². The van der Waals surface area contributed by atoms with E-state index in [0.717, 1.165) is 33.1 Å². The molecule has 134 valence electrons. The summed E-state index contributed by atoms with van der Waals surface area (Å²) in [7, 11) is 0. The molecule has 2 atom stereocenters. The van der Waals surface area contributed by atoms with Gasteiger partial charge in [0.05, 0.1) is 0 Å². The third kappa shape index (κ3) is 2.46. The van der Waals surface area contributed by atoms with Crippen molar-refractivity contribution in [2.24, 2.45) is 0 Å². The highest BCUT2D eigenvalue weighted by atomic mass is 16.6. The minimum Gasteiger partial charge on any atom is -0.456 e. The van der Waals surface area contributed by atoms with E-state index in [4.69, 9.17) is 13.9 Å². The maximum absolute atomic E-state index is 11.6. The Morgan fingerprint density at radius 1 is 0.741 bits per heavy atom. The summed E-state index contributed by atoms with van der Waals surface area (Å²) in [4.78, 5) is 23.2. The van der Waals surface area contributed by atoms with Crippen molar-refractivity contribution < 1.29 is 23.5 Å². The maximum atomic E-state index is 11.6. The fourth-order valence-corrected chi connectivity index (χ4v) is 3.71. The second-order valence-corrected chi connectivity index (χ2v) is 7.02. The largest absolute Gasteiger partial charge is 0.456 e. The van der Waals surface area contributed by atoms with Gasteiger partial charge in [-0.3, -0.25) is 0 Å². The van der Waals surface area contributed by atoms with Gasteiger partial charge in [0.15, 0.2) is 0 Å². The molecule has 1 aromatic heterocycles. The summed E-state index contributed by atoms with van der Waals surface area (Å²) in [5.41, 5.74) is 4.19. The SMILES string of the molecule is C=C1CC(c2ccc3c(c2)oc2cc(C4CC(=C)C(=O)O4)ccc23)OC1=O. The van der Waals surface area contributed by atoms with Crippen molar-refractivity contribution in [3.8, 4) is 0 Å². The van der Waals surface area contributed by atoms with E-state index in [1.807, 2.05) is 36.4 Å². The molecule has 0 aliphatic carbocycles. The Labute approximate surface area is 154 Å². The van der Waals surface area contributed by atoms with Crippen molar-refractivity contribution in [1.29, 1.82) is 0 Å². The molecule has 2 fully saturated rings. The molecule has 27 heavy (non-hydrogen) atoms. The Balaban J connectivity index is 1.54. The van der Waals surface area contributed by atoms with Crippen LogP contribution in [-0.2, 0) is 19.1 Å². The Kier molecular flexibility index (Phi) is 3.28. The normalized spacial score (nSPS) is 22.7. The van der Waals surface area contributed by atoms with Gasteiger partial charge in [-0.25, -0.2) is 9.59 Å². The van der Waals surface area contributed by atoms with Gasteiger partial charge in [0.25, 0.3) is 0 Å². The highest BCUT2D eigenvalue weighted by Crippen LogP contribution is 2.38. The molecule has 0 bridgehead atoms. The average Bonchev–Trinajstić information content (AvgIpc) is 3.30. The quantitative estimate of drug-likeness (QED) is 0.491. The van der Waals surface area contributed by atoms with E-state index in [1.165, 1.54) is 0 Å². The number of ether oxygens (including phenoxy) is 2. The van der Waals surface area contributed by atoms with Crippen molar-refractivity contribution in [3.05, 3.63) is 71.8 Å². The number of hydrogen-bond donors (Lipinski definition) is 0. The smallest absolute Gasteiger partial charge is 0.334 e. The first-order valence-corrected chi connectivity index (χ1v) is 8.73. The van der Waals surface area contributed by atoms with Gasteiger partial charge in [0.1, 0.15) is 23.4 Å². The first kappa shape index (κ1) is 15.9. The Morgan fingerprint density at radius 3 is 1.56 bits per heavy atom. The molecule has 2 unspecified atom stereocenters. The third-order valence-corrected chi connectivity index (χ3v) is 5.20. The highest BCUT2D eigenvalue weighted by molar-refractivity contribution is 6.05. The van der Waals surface area contributed by atoms with Crippen LogP contribution in [0.4, 0.5) is 0 Å². The van der Waals surface area contributed by atoms with E-state index in [9.17, 15) is 9.59 Å². The van der Waals surface area contributed by atoms with Crippen LogP contribution in [0.2, 0.25) is 0 Å². The monoisotopic (exact) mass is 360 g/mol. The molecule has 2 aromatic carbocycles. The predicted molar refractivity (Wildman–Crippen MR) is 98.9 cm³/mol. The molecule has 5 heteroatoms. The van der Waals surface area contributed by atoms with Crippen LogP contribution in [0.15, 0.2) is 65.1 Å². The van der Waals surface area contributed by atoms with Crippen LogP contribution in [0.1, 0.15) is 36.2 Å². The molecule has 3 aromatic rings. The molecule has 5 rings (SSSR count). The van der Waals surface area contributed by atoms with E-state index >= 15 is 0 Å². The molecule has 2 saturated heterocycles. The lowest BCUT2D eigenvalue weighted by atomic mass is 10.0. The van der Waals surface area contributed by atoms with E-state index in [-0.39, 0.29) is 24.1 Å². The summed E-state index contributed by atoms with van der Waals surface area (Å²) >= 11 is 0. The minimum atomic E-state index is -0.345. The fraction of sp³-hybridized carbons (Fsp3) is 0.182. The standard InChI is InChI=1S/C22H16O5/c1-11-7-17(26-21(11)23)13-3-5-15-16-6-4-14(10-20(16)25-19(15)9-13)18-8-12(2)22(24)27-18/h3-6,9-10,17-18H,1-2,7-8H2. The van der Waals surface area contributed by atoms with Gasteiger partial charge in [-0.15, -0.1) is 0 Å². The Bertz CT molecular complexity index is 1040. The van der Waals surface area contributed by atoms with Gasteiger partial charge in [-0.05, 0) is 23.3 Å². The van der Waals surface area contributed by atoms with E-state index < -0.39 is 0 Å². The number of fused-ring (bicyclic) bond motifs is 3. The lowest BCUT2D eigenvalue weighted by molar-refractivity contribution is -0.140. The van der Waals surface area contributed by atoms with Gasteiger partial charge in [0.2, 0.25) is 0 Å². The van der Waals surface area contributed by atoms with Crippen LogP contribution in [0.25, 0.3) is 21.9 Å². The number of rotatable bonds is 2. The summed E-state index contributed by atoms with van der Waals surface area (Å²) in [6.07, 6.45) is 0.348. The van der Waals surface area contributed by atoms with Crippen LogP contribution in [0.5, 0.6) is 0 Å². The zero-order chi connectivity index (χ0) is 18.7. The maximum Gasteiger partial charge on any atom is 0.334 e. The summed E-state index contributed by atoms with van der Waals surface area (Å²) in [5, 5.41) is 1.97. The van der Waals surface area contributed by atoms with Crippen molar-refractivity contribution in [3.63, 3.8) is 0 Å². The Morgan fingerprint density at radius 2 is 1.19 bits per heavy atom. The van der Waals surface area contributed by atoms with Gasteiger partial charge >= 0.3 is 11.9 Å². The first-order valence-electron chi connectivity index (χ1n) is 8.73. The molecule has 0 spiro atoms. The van der Waals surface area contributed by atoms with Crippen molar-refractivity contribution >= 4 is 33.9 Å².